The highest BCUT2D eigenvalue weighted by Gasteiger charge is 2.21. The number of halogens is 1. The minimum absolute atomic E-state index is 0.215. The molecule has 3 aromatic rings. The Bertz CT molecular complexity index is 1090. The summed E-state index contributed by atoms with van der Waals surface area (Å²) in [7, 11) is 0. The third-order valence-electron chi connectivity index (χ3n) is 4.75. The van der Waals surface area contributed by atoms with Gasteiger partial charge in [-0.05, 0) is 60.0 Å². The van der Waals surface area contributed by atoms with E-state index in [0.717, 1.165) is 26.9 Å². The van der Waals surface area contributed by atoms with Crippen molar-refractivity contribution < 1.29 is 19.1 Å². The SMILES string of the molecule is CCOC(=O)N[C@H](Cc1ccccc1)C(=O)N/N=C\c1ccc(OCc2ccc(Br)cc2)cc1. The lowest BCUT2D eigenvalue weighted by molar-refractivity contribution is -0.123. The summed E-state index contributed by atoms with van der Waals surface area (Å²) >= 11 is 3.41. The first-order valence-corrected chi connectivity index (χ1v) is 11.6. The summed E-state index contributed by atoms with van der Waals surface area (Å²) in [6.07, 6.45) is 1.19. The van der Waals surface area contributed by atoms with Crippen LogP contribution in [0, 0.1) is 0 Å². The van der Waals surface area contributed by atoms with Crippen LogP contribution in [0.2, 0.25) is 0 Å². The highest BCUT2D eigenvalue weighted by molar-refractivity contribution is 9.10. The van der Waals surface area contributed by atoms with Crippen molar-refractivity contribution in [2.75, 3.05) is 6.61 Å². The molecule has 0 unspecified atom stereocenters. The molecule has 0 aliphatic heterocycles. The van der Waals surface area contributed by atoms with Gasteiger partial charge in [-0.3, -0.25) is 4.79 Å². The van der Waals surface area contributed by atoms with Gasteiger partial charge in [0.05, 0.1) is 12.8 Å². The molecule has 0 aromatic heterocycles. The number of ether oxygens (including phenoxy) is 2. The van der Waals surface area contributed by atoms with Crippen LogP contribution in [0.3, 0.4) is 0 Å². The van der Waals surface area contributed by atoms with Crippen LogP contribution in [0.5, 0.6) is 5.75 Å². The lowest BCUT2D eigenvalue weighted by atomic mass is 10.1. The zero-order valence-corrected chi connectivity index (χ0v) is 20.3. The van der Waals surface area contributed by atoms with E-state index < -0.39 is 18.0 Å². The molecular weight excluding hydrogens is 498 g/mol. The van der Waals surface area contributed by atoms with Gasteiger partial charge < -0.3 is 14.8 Å². The molecule has 0 spiro atoms. The Kier molecular flexibility index (Phi) is 9.66. The van der Waals surface area contributed by atoms with Gasteiger partial charge in [0.15, 0.2) is 0 Å². The van der Waals surface area contributed by atoms with Crippen molar-refractivity contribution in [2.45, 2.75) is 26.0 Å². The largest absolute Gasteiger partial charge is 0.489 e. The topological polar surface area (TPSA) is 89.0 Å². The Balaban J connectivity index is 1.54. The van der Waals surface area contributed by atoms with Gasteiger partial charge >= 0.3 is 6.09 Å². The maximum atomic E-state index is 12.7. The fraction of sp³-hybridized carbons (Fsp3) is 0.192. The van der Waals surface area contributed by atoms with E-state index in [-0.39, 0.29) is 6.61 Å². The molecule has 0 heterocycles. The predicted octanol–water partition coefficient (Wildman–Crippen LogP) is 4.84. The van der Waals surface area contributed by atoms with Crippen LogP contribution < -0.4 is 15.5 Å². The number of hydrogen-bond donors (Lipinski definition) is 2. The van der Waals surface area contributed by atoms with Crippen LogP contribution >= 0.6 is 15.9 Å². The van der Waals surface area contributed by atoms with Gasteiger partial charge in [-0.15, -0.1) is 0 Å². The zero-order chi connectivity index (χ0) is 24.2. The monoisotopic (exact) mass is 523 g/mol. The van der Waals surface area contributed by atoms with Crippen LogP contribution in [0.1, 0.15) is 23.6 Å². The normalized spacial score (nSPS) is 11.6. The first-order chi connectivity index (χ1) is 16.5. The fourth-order valence-corrected chi connectivity index (χ4v) is 3.28. The minimum atomic E-state index is -0.826. The second kappa shape index (κ2) is 13.2. The number of hydrogen-bond acceptors (Lipinski definition) is 5. The molecule has 34 heavy (non-hydrogen) atoms. The molecule has 0 saturated heterocycles. The second-order valence-corrected chi connectivity index (χ2v) is 8.24. The van der Waals surface area contributed by atoms with Crippen LogP contribution in [0.15, 0.2) is 88.4 Å². The van der Waals surface area contributed by atoms with E-state index in [2.05, 4.69) is 31.8 Å². The lowest BCUT2D eigenvalue weighted by Gasteiger charge is -2.16. The second-order valence-electron chi connectivity index (χ2n) is 7.33. The molecule has 0 bridgehead atoms. The van der Waals surface area contributed by atoms with E-state index in [1.807, 2.05) is 78.9 Å². The molecule has 2 N–H and O–H groups in total. The molecule has 7 nitrogen and oxygen atoms in total. The lowest BCUT2D eigenvalue weighted by Crippen LogP contribution is -2.47. The number of carbonyl (C=O) groups is 2. The number of amides is 2. The fourth-order valence-electron chi connectivity index (χ4n) is 3.02. The average Bonchev–Trinajstić information content (AvgIpc) is 2.85. The van der Waals surface area contributed by atoms with Crippen molar-refractivity contribution in [1.82, 2.24) is 10.7 Å². The highest BCUT2D eigenvalue weighted by atomic mass is 79.9. The highest BCUT2D eigenvalue weighted by Crippen LogP contribution is 2.15. The van der Waals surface area contributed by atoms with Gasteiger partial charge in [0, 0.05) is 10.9 Å². The van der Waals surface area contributed by atoms with Gasteiger partial charge in [0.25, 0.3) is 5.91 Å². The number of alkyl carbamates (subject to hydrolysis) is 1. The molecule has 2 amide bonds. The molecule has 0 fully saturated rings. The molecule has 0 saturated carbocycles. The van der Waals surface area contributed by atoms with E-state index >= 15 is 0 Å². The van der Waals surface area contributed by atoms with Gasteiger partial charge in [-0.2, -0.15) is 5.10 Å². The van der Waals surface area contributed by atoms with Crippen molar-refractivity contribution in [3.05, 3.63) is 100 Å². The van der Waals surface area contributed by atoms with E-state index in [1.165, 1.54) is 6.21 Å². The Morgan fingerprint density at radius 2 is 1.68 bits per heavy atom. The molecule has 8 heteroatoms. The number of carbonyl (C=O) groups excluding carboxylic acids is 2. The summed E-state index contributed by atoms with van der Waals surface area (Å²) < 4.78 is 11.7. The summed E-state index contributed by atoms with van der Waals surface area (Å²) in [5.41, 5.74) is 5.25. The van der Waals surface area contributed by atoms with Crippen LogP contribution in [-0.4, -0.2) is 30.9 Å². The quantitative estimate of drug-likeness (QED) is 0.294. The van der Waals surface area contributed by atoms with Crippen LogP contribution in [0.25, 0.3) is 0 Å². The summed E-state index contributed by atoms with van der Waals surface area (Å²) in [6.45, 7) is 2.38. The van der Waals surface area contributed by atoms with Gasteiger partial charge in [-0.1, -0.05) is 58.4 Å². The van der Waals surface area contributed by atoms with Crippen LogP contribution in [-0.2, 0) is 22.6 Å². The summed E-state index contributed by atoms with van der Waals surface area (Å²) in [5, 5.41) is 6.61. The molecular formula is C26H26BrN3O4. The van der Waals surface area contributed by atoms with Crippen molar-refractivity contribution >= 4 is 34.1 Å². The maximum Gasteiger partial charge on any atom is 0.407 e. The molecule has 0 aliphatic carbocycles. The molecule has 3 aromatic carbocycles. The summed E-state index contributed by atoms with van der Waals surface area (Å²) in [4.78, 5) is 24.5. The number of nitrogens with zero attached hydrogens (tertiary/aromatic N) is 1. The minimum Gasteiger partial charge on any atom is -0.489 e. The first-order valence-electron chi connectivity index (χ1n) is 10.8. The third kappa shape index (κ3) is 8.37. The Labute approximate surface area is 207 Å². The first kappa shape index (κ1) is 25.0. The summed E-state index contributed by atoms with van der Waals surface area (Å²) in [6, 6.07) is 23.9. The zero-order valence-electron chi connectivity index (χ0n) is 18.7. The Morgan fingerprint density at radius 1 is 0.971 bits per heavy atom. The molecule has 3 rings (SSSR count). The average molecular weight is 524 g/mol. The third-order valence-corrected chi connectivity index (χ3v) is 5.28. The number of benzene rings is 3. The van der Waals surface area contributed by atoms with Crippen molar-refractivity contribution in [3.63, 3.8) is 0 Å². The predicted molar refractivity (Wildman–Crippen MR) is 135 cm³/mol. The molecule has 0 radical (unpaired) electrons. The van der Waals surface area contributed by atoms with E-state index in [1.54, 1.807) is 6.92 Å². The van der Waals surface area contributed by atoms with Gasteiger partial charge in [0.1, 0.15) is 18.4 Å². The molecule has 176 valence electrons. The van der Waals surface area contributed by atoms with Crippen molar-refractivity contribution in [2.24, 2.45) is 5.10 Å². The molecule has 1 atom stereocenters. The summed E-state index contributed by atoms with van der Waals surface area (Å²) in [5.74, 6) is 0.285. The van der Waals surface area contributed by atoms with E-state index in [0.29, 0.717) is 13.0 Å². The number of rotatable bonds is 10. The van der Waals surface area contributed by atoms with Gasteiger partial charge in [-0.25, -0.2) is 10.2 Å². The number of nitrogens with one attached hydrogen (secondary N) is 2. The Morgan fingerprint density at radius 3 is 2.35 bits per heavy atom. The standard InChI is InChI=1S/C26H26BrN3O4/c1-2-33-26(32)29-24(16-19-6-4-3-5-7-19)25(31)30-28-17-20-10-14-23(15-11-20)34-18-21-8-12-22(27)13-9-21/h3-15,17,24H,2,16,18H2,1H3,(H,29,32)(H,30,31)/b28-17-/t24-/m1/s1. The van der Waals surface area contributed by atoms with E-state index in [9.17, 15) is 9.59 Å². The smallest absolute Gasteiger partial charge is 0.407 e. The molecule has 0 aliphatic rings. The van der Waals surface area contributed by atoms with Gasteiger partial charge in [0.2, 0.25) is 0 Å². The van der Waals surface area contributed by atoms with Crippen molar-refractivity contribution in [3.8, 4) is 5.75 Å². The number of hydrazone groups is 1. The van der Waals surface area contributed by atoms with E-state index in [4.69, 9.17) is 9.47 Å². The Hall–Kier alpha value is -3.65. The van der Waals surface area contributed by atoms with Crippen LogP contribution in [0.4, 0.5) is 4.79 Å². The maximum absolute atomic E-state index is 12.7. The van der Waals surface area contributed by atoms with Crippen molar-refractivity contribution in [1.29, 1.82) is 0 Å².